The second kappa shape index (κ2) is 13.0. The number of methoxy groups -OCH3 is 1. The number of hydrogen-bond acceptors (Lipinski definition) is 8. The van der Waals surface area contributed by atoms with Gasteiger partial charge in [0.05, 0.1) is 29.4 Å². The Labute approximate surface area is 290 Å². The van der Waals surface area contributed by atoms with Crippen molar-refractivity contribution in [2.75, 3.05) is 19.0 Å². The van der Waals surface area contributed by atoms with Crippen LogP contribution in [0.4, 0.5) is 24.7 Å². The summed E-state index contributed by atoms with van der Waals surface area (Å²) < 4.78 is 48.3. The van der Waals surface area contributed by atoms with Gasteiger partial charge in [0.2, 0.25) is 11.8 Å². The number of hydrogen-bond donors (Lipinski definition) is 3. The molecule has 2 aromatic carbocycles. The molecule has 1 amide bonds. The zero-order valence-electron chi connectivity index (χ0n) is 27.4. The van der Waals surface area contributed by atoms with Gasteiger partial charge in [0.1, 0.15) is 11.5 Å². The van der Waals surface area contributed by atoms with Gasteiger partial charge < -0.3 is 20.7 Å². The molecule has 4 heterocycles. The van der Waals surface area contributed by atoms with E-state index in [4.69, 9.17) is 21.3 Å². The molecular weight excluding hydrogens is 671 g/mol. The number of carbonyl (C=O) groups excluding carboxylic acids is 1. The third kappa shape index (κ3) is 6.15. The molecule has 14 heteroatoms. The molecule has 0 bridgehead atoms. The van der Waals surface area contributed by atoms with Crippen LogP contribution in [-0.4, -0.2) is 45.4 Å². The second-order valence-electron chi connectivity index (χ2n) is 12.6. The molecule has 7 rings (SSSR count). The number of benzene rings is 2. The Balaban J connectivity index is 1.23. The number of alkyl halides is 3. The normalized spacial score (nSPS) is 17.2. The first-order valence-electron chi connectivity index (χ1n) is 16.1. The number of carbonyl (C=O) groups is 1. The highest BCUT2D eigenvalue weighted by Gasteiger charge is 2.34. The summed E-state index contributed by atoms with van der Waals surface area (Å²) in [6.45, 7) is 2.48. The van der Waals surface area contributed by atoms with E-state index in [0.29, 0.717) is 51.9 Å². The SMILES string of the molecule is COc1nc(-c2cccc(-c3cccc(Nc4nc(C(F)(F)F)cc5cnn(C)c(=O)c45)c3C)c2Cl)cc2c1[C@@H](NC[C@@H]1CCC(=O)N1)CC2. The molecule has 0 radical (unpaired) electrons. The van der Waals surface area contributed by atoms with Gasteiger partial charge in [-0.25, -0.2) is 14.6 Å². The lowest BCUT2D eigenvalue weighted by molar-refractivity contribution is -0.141. The van der Waals surface area contributed by atoms with Gasteiger partial charge in [0.25, 0.3) is 5.56 Å². The van der Waals surface area contributed by atoms with Crippen LogP contribution in [0, 0.1) is 6.92 Å². The van der Waals surface area contributed by atoms with Gasteiger partial charge >= 0.3 is 6.18 Å². The van der Waals surface area contributed by atoms with Crippen LogP contribution in [0.2, 0.25) is 5.02 Å². The van der Waals surface area contributed by atoms with Gasteiger partial charge in [0, 0.05) is 59.9 Å². The topological polar surface area (TPSA) is 123 Å². The third-order valence-electron chi connectivity index (χ3n) is 9.42. The first kappa shape index (κ1) is 33.5. The van der Waals surface area contributed by atoms with E-state index in [2.05, 4.69) is 26.0 Å². The Bertz CT molecular complexity index is 2220. The number of pyridine rings is 2. The number of nitrogens with one attached hydrogen (secondary N) is 3. The van der Waals surface area contributed by atoms with Gasteiger partial charge in [-0.3, -0.25) is 9.59 Å². The van der Waals surface area contributed by atoms with E-state index < -0.39 is 17.4 Å². The van der Waals surface area contributed by atoms with Gasteiger partial charge in [-0.15, -0.1) is 0 Å². The molecule has 50 heavy (non-hydrogen) atoms. The summed E-state index contributed by atoms with van der Waals surface area (Å²) in [6, 6.07) is 13.9. The molecule has 5 aromatic rings. The number of anilines is 2. The Morgan fingerprint density at radius 1 is 1.04 bits per heavy atom. The molecule has 258 valence electrons. The summed E-state index contributed by atoms with van der Waals surface area (Å²) >= 11 is 7.12. The summed E-state index contributed by atoms with van der Waals surface area (Å²) in [6.07, 6.45) is -0.491. The Morgan fingerprint density at radius 3 is 2.54 bits per heavy atom. The molecule has 1 aliphatic carbocycles. The van der Waals surface area contributed by atoms with E-state index in [-0.39, 0.29) is 34.6 Å². The largest absolute Gasteiger partial charge is 0.481 e. The molecule has 3 N–H and O–H groups in total. The van der Waals surface area contributed by atoms with Crippen LogP contribution >= 0.6 is 11.6 Å². The standard InChI is InChI=1S/C36H33ClF3N7O3/c1-18-22(6-5-9-25(18)44-33-31-20(16-42-47(2)35(31)49)15-28(46-33)36(38,39)40)23-7-4-8-24(32(23)37)27-14-19-10-12-26(30(19)34(45-27)50-3)41-17-21-11-13-29(48)43-21/h4-9,14-16,21,26,41H,10-13,17H2,1-3H3,(H,43,48)(H,44,46)/t21-,26-/m0/s1. The number of ether oxygens (including phenoxy) is 1. The summed E-state index contributed by atoms with van der Waals surface area (Å²) in [7, 11) is 3.01. The highest BCUT2D eigenvalue weighted by atomic mass is 35.5. The minimum atomic E-state index is -4.74. The van der Waals surface area contributed by atoms with Crippen molar-refractivity contribution < 1.29 is 22.7 Å². The molecule has 2 atom stereocenters. The van der Waals surface area contributed by atoms with Gasteiger partial charge in [0.15, 0.2) is 0 Å². The number of amides is 1. The van der Waals surface area contributed by atoms with Crippen molar-refractivity contribution >= 4 is 39.8 Å². The maximum Gasteiger partial charge on any atom is 0.433 e. The zero-order valence-corrected chi connectivity index (χ0v) is 28.2. The summed E-state index contributed by atoms with van der Waals surface area (Å²) in [5.41, 5.74) is 4.25. The molecule has 0 spiro atoms. The van der Waals surface area contributed by atoms with E-state index in [1.165, 1.54) is 13.2 Å². The number of fused-ring (bicyclic) bond motifs is 2. The van der Waals surface area contributed by atoms with Crippen LogP contribution in [0.1, 0.15) is 47.7 Å². The van der Waals surface area contributed by atoms with Crippen molar-refractivity contribution in [3.63, 3.8) is 0 Å². The number of halogens is 4. The molecule has 1 fully saturated rings. The predicted octanol–water partition coefficient (Wildman–Crippen LogP) is 6.65. The number of aromatic nitrogens is 4. The van der Waals surface area contributed by atoms with Crippen molar-refractivity contribution in [3.05, 3.63) is 92.5 Å². The molecule has 1 aliphatic heterocycles. The molecule has 3 aromatic heterocycles. The average Bonchev–Trinajstić information content (AvgIpc) is 3.71. The molecule has 0 saturated carbocycles. The lowest BCUT2D eigenvalue weighted by Crippen LogP contribution is -2.36. The summed E-state index contributed by atoms with van der Waals surface area (Å²) in [4.78, 5) is 33.4. The van der Waals surface area contributed by atoms with E-state index in [1.54, 1.807) is 19.2 Å². The lowest BCUT2D eigenvalue weighted by Gasteiger charge is -2.20. The average molecular weight is 704 g/mol. The fourth-order valence-corrected chi connectivity index (χ4v) is 7.16. The van der Waals surface area contributed by atoms with Crippen LogP contribution in [0.5, 0.6) is 5.88 Å². The predicted molar refractivity (Wildman–Crippen MR) is 185 cm³/mol. The first-order valence-corrected chi connectivity index (χ1v) is 16.5. The minimum Gasteiger partial charge on any atom is -0.481 e. The van der Waals surface area contributed by atoms with Crippen molar-refractivity contribution in [3.8, 4) is 28.3 Å². The van der Waals surface area contributed by atoms with Crippen molar-refractivity contribution in [1.29, 1.82) is 0 Å². The monoisotopic (exact) mass is 703 g/mol. The molecular formula is C36H33ClF3N7O3. The Morgan fingerprint density at radius 2 is 1.80 bits per heavy atom. The third-order valence-corrected chi connectivity index (χ3v) is 9.83. The van der Waals surface area contributed by atoms with Crippen LogP contribution < -0.4 is 26.2 Å². The van der Waals surface area contributed by atoms with E-state index in [9.17, 15) is 22.8 Å². The van der Waals surface area contributed by atoms with Crippen molar-refractivity contribution in [2.45, 2.75) is 50.9 Å². The minimum absolute atomic E-state index is 0.0142. The van der Waals surface area contributed by atoms with E-state index >= 15 is 0 Å². The zero-order chi connectivity index (χ0) is 35.3. The number of aryl methyl sites for hydroxylation is 2. The molecule has 0 unspecified atom stereocenters. The fourth-order valence-electron chi connectivity index (χ4n) is 6.84. The van der Waals surface area contributed by atoms with E-state index in [1.807, 2.05) is 37.3 Å². The van der Waals surface area contributed by atoms with Crippen LogP contribution in [0.25, 0.3) is 33.2 Å². The number of nitrogens with zero attached hydrogens (tertiary/aromatic N) is 4. The van der Waals surface area contributed by atoms with Crippen molar-refractivity contribution in [2.24, 2.45) is 7.05 Å². The summed E-state index contributed by atoms with van der Waals surface area (Å²) in [5.74, 6) is 0.359. The molecule has 10 nitrogen and oxygen atoms in total. The molecule has 1 saturated heterocycles. The first-order chi connectivity index (χ1) is 23.9. The van der Waals surface area contributed by atoms with E-state index in [0.717, 1.165) is 46.7 Å². The van der Waals surface area contributed by atoms with Gasteiger partial charge in [-0.1, -0.05) is 41.9 Å². The quantitative estimate of drug-likeness (QED) is 0.164. The van der Waals surface area contributed by atoms with Gasteiger partial charge in [-0.05, 0) is 61.1 Å². The number of rotatable bonds is 8. The van der Waals surface area contributed by atoms with Crippen LogP contribution in [-0.2, 0) is 24.4 Å². The molecule has 2 aliphatic rings. The highest BCUT2D eigenvalue weighted by molar-refractivity contribution is 6.36. The second-order valence-corrected chi connectivity index (χ2v) is 12.9. The maximum atomic E-state index is 13.8. The fraction of sp³-hybridized carbons (Fsp3) is 0.306. The Hall–Kier alpha value is -5.01. The lowest BCUT2D eigenvalue weighted by atomic mass is 9.96. The Kier molecular flexibility index (Phi) is 8.73. The smallest absolute Gasteiger partial charge is 0.433 e. The summed E-state index contributed by atoms with van der Waals surface area (Å²) in [5, 5.41) is 13.9. The maximum absolute atomic E-state index is 13.8. The van der Waals surface area contributed by atoms with Crippen molar-refractivity contribution in [1.82, 2.24) is 30.4 Å². The highest BCUT2D eigenvalue weighted by Crippen LogP contribution is 2.43. The van der Waals surface area contributed by atoms with Crippen LogP contribution in [0.15, 0.2) is 59.5 Å². The van der Waals surface area contributed by atoms with Gasteiger partial charge in [-0.2, -0.15) is 18.3 Å². The van der Waals surface area contributed by atoms with Crippen LogP contribution in [0.3, 0.4) is 0 Å².